The van der Waals surface area contributed by atoms with E-state index in [4.69, 9.17) is 9.84 Å². The maximum absolute atomic E-state index is 9.78. The van der Waals surface area contributed by atoms with E-state index in [1.807, 2.05) is 19.1 Å². The molecule has 1 heterocycles. The third-order valence-corrected chi connectivity index (χ3v) is 3.19. The van der Waals surface area contributed by atoms with Gasteiger partial charge in [-0.25, -0.2) is 0 Å². The minimum atomic E-state index is -0.0454. The van der Waals surface area contributed by atoms with Gasteiger partial charge in [0.15, 0.2) is 0 Å². The van der Waals surface area contributed by atoms with Crippen molar-refractivity contribution in [2.45, 2.75) is 12.8 Å². The third kappa shape index (κ3) is 2.70. The van der Waals surface area contributed by atoms with Gasteiger partial charge in [-0.2, -0.15) is 0 Å². The highest BCUT2D eigenvalue weighted by Gasteiger charge is 2.15. The zero-order valence-corrected chi connectivity index (χ0v) is 10.1. The summed E-state index contributed by atoms with van der Waals surface area (Å²) in [6, 6.07) is 5.57. The van der Waals surface area contributed by atoms with Crippen LogP contribution >= 0.6 is 0 Å². The smallest absolute Gasteiger partial charge is 0.119 e. The number of aromatic hydroxyl groups is 1. The summed E-state index contributed by atoms with van der Waals surface area (Å²) in [4.78, 5) is 2.23. The van der Waals surface area contributed by atoms with Crippen LogP contribution in [0.25, 0.3) is 0 Å². The first-order valence-corrected chi connectivity index (χ1v) is 5.99. The topological polar surface area (TPSA) is 52.9 Å². The summed E-state index contributed by atoms with van der Waals surface area (Å²) in [6.45, 7) is 5.17. The van der Waals surface area contributed by atoms with Gasteiger partial charge >= 0.3 is 0 Å². The Bertz CT molecular complexity index is 375. The molecule has 1 aromatic rings. The molecule has 2 rings (SSSR count). The van der Waals surface area contributed by atoms with Crippen LogP contribution in [-0.2, 0) is 4.74 Å². The monoisotopic (exact) mass is 237 g/mol. The van der Waals surface area contributed by atoms with E-state index in [1.54, 1.807) is 6.07 Å². The molecule has 1 aromatic carbocycles. The van der Waals surface area contributed by atoms with E-state index in [9.17, 15) is 5.11 Å². The molecule has 17 heavy (non-hydrogen) atoms. The minimum Gasteiger partial charge on any atom is -0.508 e. The summed E-state index contributed by atoms with van der Waals surface area (Å²) < 4.78 is 5.31. The molecule has 0 bridgehead atoms. The number of aliphatic hydroxyl groups excluding tert-OH is 1. The van der Waals surface area contributed by atoms with Gasteiger partial charge in [0.2, 0.25) is 0 Å². The maximum Gasteiger partial charge on any atom is 0.119 e. The Labute approximate surface area is 101 Å². The molecule has 0 aromatic heterocycles. The molecule has 1 aliphatic rings. The number of hydrogen-bond acceptors (Lipinski definition) is 4. The van der Waals surface area contributed by atoms with Crippen LogP contribution < -0.4 is 4.90 Å². The molecule has 0 spiro atoms. The molecular formula is C13H19NO3. The molecule has 0 radical (unpaired) electrons. The fourth-order valence-corrected chi connectivity index (χ4v) is 2.05. The van der Waals surface area contributed by atoms with Crippen molar-refractivity contribution in [2.75, 3.05) is 37.8 Å². The van der Waals surface area contributed by atoms with Crippen molar-refractivity contribution in [1.29, 1.82) is 0 Å². The number of hydrogen-bond donors (Lipinski definition) is 2. The maximum atomic E-state index is 9.78. The number of anilines is 1. The van der Waals surface area contributed by atoms with Gasteiger partial charge in [0.25, 0.3) is 0 Å². The molecule has 1 saturated heterocycles. The van der Waals surface area contributed by atoms with E-state index in [-0.39, 0.29) is 18.3 Å². The molecule has 1 aliphatic heterocycles. The van der Waals surface area contributed by atoms with Crippen molar-refractivity contribution < 1.29 is 14.9 Å². The van der Waals surface area contributed by atoms with Crippen LogP contribution in [0.1, 0.15) is 18.4 Å². The Balaban J connectivity index is 2.23. The van der Waals surface area contributed by atoms with Crippen molar-refractivity contribution in [1.82, 2.24) is 0 Å². The highest BCUT2D eigenvalue weighted by atomic mass is 16.5. The number of rotatable bonds is 3. The zero-order valence-electron chi connectivity index (χ0n) is 10.1. The van der Waals surface area contributed by atoms with Gasteiger partial charge < -0.3 is 19.8 Å². The van der Waals surface area contributed by atoms with Gasteiger partial charge in [-0.3, -0.25) is 0 Å². The molecule has 0 amide bonds. The van der Waals surface area contributed by atoms with Crippen LogP contribution in [-0.4, -0.2) is 43.1 Å². The third-order valence-electron chi connectivity index (χ3n) is 3.19. The normalized spacial score (nSPS) is 18.1. The second kappa shape index (κ2) is 5.38. The zero-order chi connectivity index (χ0) is 12.3. The predicted octanol–water partition coefficient (Wildman–Crippen LogP) is 1.32. The fraction of sp³-hybridized carbons (Fsp3) is 0.538. The van der Waals surface area contributed by atoms with Gasteiger partial charge in [-0.05, 0) is 18.2 Å². The SMILES string of the molecule is CC(CO)c1cc(N2CCOCC2)ccc1O. The first kappa shape index (κ1) is 12.2. The van der Waals surface area contributed by atoms with Gasteiger partial charge in [-0.1, -0.05) is 6.92 Å². The minimum absolute atomic E-state index is 0.0418. The Kier molecular flexibility index (Phi) is 3.86. The number of morpholine rings is 1. The molecule has 0 saturated carbocycles. The summed E-state index contributed by atoms with van der Waals surface area (Å²) in [6.07, 6.45) is 0. The number of phenolic OH excluding ortho intramolecular Hbond substituents is 1. The molecule has 1 unspecified atom stereocenters. The van der Waals surface area contributed by atoms with Crippen LogP contribution in [0.2, 0.25) is 0 Å². The van der Waals surface area contributed by atoms with Gasteiger partial charge in [0.1, 0.15) is 5.75 Å². The molecule has 4 heteroatoms. The standard InChI is InChI=1S/C13H19NO3/c1-10(9-15)12-8-11(2-3-13(12)16)14-4-6-17-7-5-14/h2-3,8,10,15-16H,4-7,9H2,1H3. The van der Waals surface area contributed by atoms with E-state index < -0.39 is 0 Å². The summed E-state index contributed by atoms with van der Waals surface area (Å²) in [5.41, 5.74) is 1.89. The van der Waals surface area contributed by atoms with Crippen molar-refractivity contribution in [3.05, 3.63) is 23.8 Å². The molecule has 2 N–H and O–H groups in total. The Hall–Kier alpha value is -1.26. The molecule has 1 atom stereocenters. The molecular weight excluding hydrogens is 218 g/mol. The molecule has 0 aliphatic carbocycles. The number of benzene rings is 1. The molecule has 1 fully saturated rings. The van der Waals surface area contributed by atoms with Crippen LogP contribution in [0.3, 0.4) is 0 Å². The lowest BCUT2D eigenvalue weighted by Crippen LogP contribution is -2.36. The average Bonchev–Trinajstić information content (AvgIpc) is 2.39. The lowest BCUT2D eigenvalue weighted by molar-refractivity contribution is 0.122. The highest BCUT2D eigenvalue weighted by molar-refractivity contribution is 5.54. The second-order valence-corrected chi connectivity index (χ2v) is 4.43. The Morgan fingerprint density at radius 3 is 2.71 bits per heavy atom. The molecule has 94 valence electrons. The lowest BCUT2D eigenvalue weighted by Gasteiger charge is -2.29. The van der Waals surface area contributed by atoms with E-state index >= 15 is 0 Å². The van der Waals surface area contributed by atoms with Crippen molar-refractivity contribution in [3.8, 4) is 5.75 Å². The van der Waals surface area contributed by atoms with Crippen molar-refractivity contribution in [2.24, 2.45) is 0 Å². The van der Waals surface area contributed by atoms with E-state index in [0.717, 1.165) is 37.6 Å². The highest BCUT2D eigenvalue weighted by Crippen LogP contribution is 2.30. The molecule has 4 nitrogen and oxygen atoms in total. The summed E-state index contributed by atoms with van der Waals surface area (Å²) in [5.74, 6) is 0.208. The number of phenols is 1. The van der Waals surface area contributed by atoms with Gasteiger partial charge in [-0.15, -0.1) is 0 Å². The Morgan fingerprint density at radius 2 is 2.06 bits per heavy atom. The van der Waals surface area contributed by atoms with Crippen LogP contribution in [0.15, 0.2) is 18.2 Å². The van der Waals surface area contributed by atoms with Gasteiger partial charge in [0.05, 0.1) is 13.2 Å². The Morgan fingerprint density at radius 1 is 1.35 bits per heavy atom. The number of aliphatic hydroxyl groups is 1. The second-order valence-electron chi connectivity index (χ2n) is 4.43. The summed E-state index contributed by atoms with van der Waals surface area (Å²) >= 11 is 0. The number of nitrogens with zero attached hydrogens (tertiary/aromatic N) is 1. The van der Waals surface area contributed by atoms with E-state index in [1.165, 1.54) is 0 Å². The van der Waals surface area contributed by atoms with E-state index in [2.05, 4.69) is 4.90 Å². The lowest BCUT2D eigenvalue weighted by atomic mass is 10.00. The average molecular weight is 237 g/mol. The first-order valence-electron chi connectivity index (χ1n) is 5.99. The summed E-state index contributed by atoms with van der Waals surface area (Å²) in [5, 5.41) is 18.9. The van der Waals surface area contributed by atoms with Crippen LogP contribution in [0.5, 0.6) is 5.75 Å². The van der Waals surface area contributed by atoms with Crippen LogP contribution in [0.4, 0.5) is 5.69 Å². The fourth-order valence-electron chi connectivity index (χ4n) is 2.05. The van der Waals surface area contributed by atoms with Crippen LogP contribution in [0, 0.1) is 0 Å². The number of ether oxygens (including phenoxy) is 1. The van der Waals surface area contributed by atoms with Gasteiger partial charge in [0, 0.05) is 36.9 Å². The van der Waals surface area contributed by atoms with E-state index in [0.29, 0.717) is 0 Å². The largest absolute Gasteiger partial charge is 0.508 e. The summed E-state index contributed by atoms with van der Waals surface area (Å²) in [7, 11) is 0. The van der Waals surface area contributed by atoms with Crippen molar-refractivity contribution >= 4 is 5.69 Å². The first-order chi connectivity index (χ1) is 8.22. The van der Waals surface area contributed by atoms with Crippen molar-refractivity contribution in [3.63, 3.8) is 0 Å². The predicted molar refractivity (Wildman–Crippen MR) is 66.6 cm³/mol. The quantitative estimate of drug-likeness (QED) is 0.832.